The van der Waals surface area contributed by atoms with Crippen molar-refractivity contribution in [1.29, 1.82) is 0 Å². The maximum Gasteiger partial charge on any atom is 0.227 e. The number of carbonyl (C=O) groups is 1. The average molecular weight is 389 g/mol. The molecule has 0 unspecified atom stereocenters. The van der Waals surface area contributed by atoms with Gasteiger partial charge in [0.15, 0.2) is 0 Å². The van der Waals surface area contributed by atoms with E-state index in [4.69, 9.17) is 0 Å². The summed E-state index contributed by atoms with van der Waals surface area (Å²) in [6, 6.07) is 13.0. The number of likely N-dealkylation sites (tertiary alicyclic amines) is 1. The molecule has 4 rings (SSSR count). The van der Waals surface area contributed by atoms with Crippen molar-refractivity contribution in [2.75, 3.05) is 19.6 Å². The fraction of sp³-hybridized carbons (Fsp3) is 0.409. The van der Waals surface area contributed by atoms with Crippen LogP contribution in [-0.4, -0.2) is 30.4 Å². The zero-order valence-electron chi connectivity index (χ0n) is 15.7. The van der Waals surface area contributed by atoms with Gasteiger partial charge < -0.3 is 10.2 Å². The van der Waals surface area contributed by atoms with Crippen LogP contribution >= 0.6 is 12.4 Å². The molecule has 2 aliphatic rings. The highest BCUT2D eigenvalue weighted by molar-refractivity contribution is 5.85. The maximum atomic E-state index is 13.8. The van der Waals surface area contributed by atoms with E-state index in [-0.39, 0.29) is 30.2 Å². The standard InChI is InChI=1S/C22H25FN2O.ClH/c1-14-6-7-15(2)17(8-14)10-21(26)25-13-18-11-24-12-20(18)22(25)16-4-3-5-19(23)9-16;/h3-9,18,20,22,24H,10-13H2,1-2H3;1H/t18-,20-,22+;/m0./s1. The summed E-state index contributed by atoms with van der Waals surface area (Å²) < 4.78 is 13.8. The molecule has 3 nitrogen and oxygen atoms in total. The second kappa shape index (κ2) is 7.99. The van der Waals surface area contributed by atoms with E-state index in [0.29, 0.717) is 18.3 Å². The first kappa shape index (κ1) is 19.8. The van der Waals surface area contributed by atoms with Crippen LogP contribution in [-0.2, 0) is 11.2 Å². The minimum absolute atomic E-state index is 0. The van der Waals surface area contributed by atoms with Crippen LogP contribution in [0.15, 0.2) is 42.5 Å². The molecule has 0 radical (unpaired) electrons. The summed E-state index contributed by atoms with van der Waals surface area (Å²) in [5, 5.41) is 3.43. The molecular formula is C22H26ClFN2O. The highest BCUT2D eigenvalue weighted by atomic mass is 35.5. The first-order chi connectivity index (χ1) is 12.5. The van der Waals surface area contributed by atoms with Gasteiger partial charge in [0.25, 0.3) is 0 Å². The first-order valence-corrected chi connectivity index (χ1v) is 9.34. The molecule has 27 heavy (non-hydrogen) atoms. The molecule has 144 valence electrons. The summed E-state index contributed by atoms with van der Waals surface area (Å²) in [5.41, 5.74) is 4.31. The van der Waals surface area contributed by atoms with Crippen LogP contribution in [0.3, 0.4) is 0 Å². The Balaban J connectivity index is 0.00000210. The zero-order valence-corrected chi connectivity index (χ0v) is 16.6. The van der Waals surface area contributed by atoms with Gasteiger partial charge in [-0.25, -0.2) is 4.39 Å². The molecular weight excluding hydrogens is 363 g/mol. The van der Waals surface area contributed by atoms with Gasteiger partial charge in [-0.3, -0.25) is 4.79 Å². The van der Waals surface area contributed by atoms with E-state index < -0.39 is 0 Å². The van der Waals surface area contributed by atoms with Crippen LogP contribution in [0.4, 0.5) is 4.39 Å². The molecule has 0 saturated carbocycles. The third-order valence-electron chi connectivity index (χ3n) is 5.92. The lowest BCUT2D eigenvalue weighted by molar-refractivity contribution is -0.131. The van der Waals surface area contributed by atoms with E-state index in [1.165, 1.54) is 11.6 Å². The average Bonchev–Trinajstić information content (AvgIpc) is 3.19. The number of benzene rings is 2. The Hall–Kier alpha value is -1.91. The Morgan fingerprint density at radius 3 is 2.78 bits per heavy atom. The third kappa shape index (κ3) is 3.87. The monoisotopic (exact) mass is 388 g/mol. The van der Waals surface area contributed by atoms with E-state index in [2.05, 4.69) is 37.4 Å². The smallest absolute Gasteiger partial charge is 0.227 e. The Kier molecular flexibility index (Phi) is 5.87. The molecule has 2 aromatic carbocycles. The number of nitrogens with one attached hydrogen (secondary N) is 1. The van der Waals surface area contributed by atoms with E-state index in [1.807, 2.05) is 11.0 Å². The Morgan fingerprint density at radius 2 is 2.00 bits per heavy atom. The van der Waals surface area contributed by atoms with Crippen molar-refractivity contribution in [3.63, 3.8) is 0 Å². The molecule has 0 spiro atoms. The van der Waals surface area contributed by atoms with Crippen molar-refractivity contribution >= 4 is 18.3 Å². The highest BCUT2D eigenvalue weighted by Crippen LogP contribution is 2.43. The normalized spacial score (nSPS) is 23.8. The van der Waals surface area contributed by atoms with Gasteiger partial charge in [-0.1, -0.05) is 35.9 Å². The van der Waals surface area contributed by atoms with E-state index >= 15 is 0 Å². The van der Waals surface area contributed by atoms with Gasteiger partial charge in [-0.05, 0) is 48.6 Å². The number of halogens is 2. The predicted molar refractivity (Wildman–Crippen MR) is 108 cm³/mol. The molecule has 5 heteroatoms. The van der Waals surface area contributed by atoms with Crippen molar-refractivity contribution in [3.8, 4) is 0 Å². The fourth-order valence-electron chi connectivity index (χ4n) is 4.55. The Labute approximate surface area is 166 Å². The van der Waals surface area contributed by atoms with Crippen molar-refractivity contribution in [2.45, 2.75) is 26.3 Å². The molecule has 2 heterocycles. The second-order valence-corrected chi connectivity index (χ2v) is 7.73. The molecule has 3 atom stereocenters. The van der Waals surface area contributed by atoms with Crippen LogP contribution in [0.1, 0.15) is 28.3 Å². The minimum Gasteiger partial charge on any atom is -0.335 e. The van der Waals surface area contributed by atoms with Crippen LogP contribution < -0.4 is 5.32 Å². The van der Waals surface area contributed by atoms with Gasteiger partial charge in [0, 0.05) is 25.6 Å². The quantitative estimate of drug-likeness (QED) is 0.866. The Morgan fingerprint density at radius 1 is 1.19 bits per heavy atom. The van der Waals surface area contributed by atoms with Gasteiger partial charge in [0.2, 0.25) is 5.91 Å². The maximum absolute atomic E-state index is 13.8. The minimum atomic E-state index is -0.237. The number of hydrogen-bond donors (Lipinski definition) is 1. The lowest BCUT2D eigenvalue weighted by atomic mass is 9.89. The van der Waals surface area contributed by atoms with Gasteiger partial charge in [0.05, 0.1) is 12.5 Å². The summed E-state index contributed by atoms with van der Waals surface area (Å²) in [5.74, 6) is 0.714. The summed E-state index contributed by atoms with van der Waals surface area (Å²) >= 11 is 0. The van der Waals surface area contributed by atoms with Crippen LogP contribution in [0.25, 0.3) is 0 Å². The largest absolute Gasteiger partial charge is 0.335 e. The van der Waals surface area contributed by atoms with Gasteiger partial charge in [-0.15, -0.1) is 12.4 Å². The summed E-state index contributed by atoms with van der Waals surface area (Å²) in [6.45, 7) is 6.68. The summed E-state index contributed by atoms with van der Waals surface area (Å²) in [4.78, 5) is 15.2. The van der Waals surface area contributed by atoms with Crippen LogP contribution in [0.5, 0.6) is 0 Å². The number of hydrogen-bond acceptors (Lipinski definition) is 2. The van der Waals surface area contributed by atoms with Crippen molar-refractivity contribution in [2.24, 2.45) is 11.8 Å². The molecule has 2 saturated heterocycles. The van der Waals surface area contributed by atoms with Gasteiger partial charge in [0.1, 0.15) is 5.82 Å². The van der Waals surface area contributed by atoms with Crippen molar-refractivity contribution in [1.82, 2.24) is 10.2 Å². The van der Waals surface area contributed by atoms with E-state index in [1.54, 1.807) is 12.1 Å². The second-order valence-electron chi connectivity index (χ2n) is 7.73. The molecule has 2 aliphatic heterocycles. The predicted octanol–water partition coefficient (Wildman–Crippen LogP) is 3.83. The molecule has 1 amide bonds. The summed E-state index contributed by atoms with van der Waals surface area (Å²) in [7, 11) is 0. The van der Waals surface area contributed by atoms with Crippen LogP contribution in [0.2, 0.25) is 0 Å². The number of carbonyl (C=O) groups excluding carboxylic acids is 1. The fourth-order valence-corrected chi connectivity index (χ4v) is 4.55. The Bertz CT molecular complexity index is 841. The number of aryl methyl sites for hydroxylation is 2. The summed E-state index contributed by atoms with van der Waals surface area (Å²) in [6.07, 6.45) is 0.409. The zero-order chi connectivity index (χ0) is 18.3. The first-order valence-electron chi connectivity index (χ1n) is 9.34. The van der Waals surface area contributed by atoms with Crippen molar-refractivity contribution in [3.05, 3.63) is 70.5 Å². The highest BCUT2D eigenvalue weighted by Gasteiger charge is 2.46. The molecule has 2 aromatic rings. The molecule has 1 N–H and O–H groups in total. The lowest BCUT2D eigenvalue weighted by Gasteiger charge is -2.29. The third-order valence-corrected chi connectivity index (χ3v) is 5.92. The molecule has 0 aliphatic carbocycles. The number of rotatable bonds is 3. The molecule has 0 aromatic heterocycles. The lowest BCUT2D eigenvalue weighted by Crippen LogP contribution is -2.35. The van der Waals surface area contributed by atoms with Crippen molar-refractivity contribution < 1.29 is 9.18 Å². The van der Waals surface area contributed by atoms with Gasteiger partial charge in [-0.2, -0.15) is 0 Å². The topological polar surface area (TPSA) is 32.3 Å². The van der Waals surface area contributed by atoms with Crippen LogP contribution in [0, 0.1) is 31.5 Å². The van der Waals surface area contributed by atoms with Gasteiger partial charge >= 0.3 is 0 Å². The number of amides is 1. The molecule has 2 fully saturated rings. The SMILES string of the molecule is Cc1ccc(C)c(CC(=O)N2C[C@@H]3CNC[C@@H]3[C@H]2c2cccc(F)c2)c1.Cl. The number of fused-ring (bicyclic) bond motifs is 1. The van der Waals surface area contributed by atoms with E-state index in [9.17, 15) is 9.18 Å². The van der Waals surface area contributed by atoms with E-state index in [0.717, 1.165) is 36.3 Å². The number of nitrogens with zero attached hydrogens (tertiary/aromatic N) is 1. The molecule has 0 bridgehead atoms.